The van der Waals surface area contributed by atoms with Crippen molar-refractivity contribution in [3.05, 3.63) is 63.6 Å². The average Bonchev–Trinajstić information content (AvgIpc) is 2.70. The smallest absolute Gasteiger partial charge is 0.324 e. The Morgan fingerprint density at radius 3 is 2.20 bits per heavy atom. The van der Waals surface area contributed by atoms with Crippen molar-refractivity contribution in [2.45, 2.75) is 19.1 Å². The molecule has 0 aliphatic carbocycles. The van der Waals surface area contributed by atoms with E-state index < -0.39 is 11.7 Å². The van der Waals surface area contributed by atoms with Crippen LogP contribution in [0.3, 0.4) is 0 Å². The SMILES string of the molecule is O=C(CCN1CCN(Cc2cccc(C(F)(F)F)c2)CC1)Nc1c(Cl)cccc1Cl. The predicted molar refractivity (Wildman–Crippen MR) is 113 cm³/mol. The first kappa shape index (κ1) is 22.9. The lowest BCUT2D eigenvalue weighted by Gasteiger charge is -2.34. The molecule has 1 aliphatic rings. The summed E-state index contributed by atoms with van der Waals surface area (Å²) >= 11 is 12.1. The molecule has 0 spiro atoms. The molecule has 1 fully saturated rings. The fraction of sp³-hybridized carbons (Fsp3) is 0.381. The largest absolute Gasteiger partial charge is 0.416 e. The molecule has 1 amide bonds. The third kappa shape index (κ3) is 6.35. The van der Waals surface area contributed by atoms with E-state index in [9.17, 15) is 18.0 Å². The molecule has 0 saturated carbocycles. The summed E-state index contributed by atoms with van der Waals surface area (Å²) < 4.78 is 38.6. The number of hydrogen-bond acceptors (Lipinski definition) is 3. The standard InChI is InChI=1S/C21H22Cl2F3N3O/c22-17-5-2-6-18(23)20(17)27-19(30)7-8-28-9-11-29(12-10-28)14-15-3-1-4-16(13-15)21(24,25)26/h1-6,13H,7-12,14H2,(H,27,30). The molecule has 1 aliphatic heterocycles. The Morgan fingerprint density at radius 2 is 1.57 bits per heavy atom. The van der Waals surface area contributed by atoms with E-state index >= 15 is 0 Å². The zero-order valence-electron chi connectivity index (χ0n) is 16.2. The Hall–Kier alpha value is -1.80. The second-order valence-corrected chi connectivity index (χ2v) is 8.03. The molecule has 0 radical (unpaired) electrons. The van der Waals surface area contributed by atoms with Gasteiger partial charge in [-0.05, 0) is 23.8 Å². The predicted octanol–water partition coefficient (Wildman–Crippen LogP) is 5.16. The molecule has 4 nitrogen and oxygen atoms in total. The summed E-state index contributed by atoms with van der Waals surface area (Å²) in [5.74, 6) is -0.170. The first-order valence-electron chi connectivity index (χ1n) is 9.57. The molecule has 1 heterocycles. The van der Waals surface area contributed by atoms with Gasteiger partial charge >= 0.3 is 6.18 Å². The number of para-hydroxylation sites is 1. The number of alkyl halides is 3. The highest BCUT2D eigenvalue weighted by Gasteiger charge is 2.30. The Morgan fingerprint density at radius 1 is 0.967 bits per heavy atom. The third-order valence-corrected chi connectivity index (χ3v) is 5.64. The Balaban J connectivity index is 1.43. The minimum Gasteiger partial charge on any atom is -0.324 e. The molecule has 2 aromatic rings. The van der Waals surface area contributed by atoms with Crippen LogP contribution < -0.4 is 5.32 Å². The highest BCUT2D eigenvalue weighted by Crippen LogP contribution is 2.30. The van der Waals surface area contributed by atoms with Crippen molar-refractivity contribution in [1.29, 1.82) is 0 Å². The lowest BCUT2D eigenvalue weighted by molar-refractivity contribution is -0.137. The highest BCUT2D eigenvalue weighted by molar-refractivity contribution is 6.39. The van der Waals surface area contributed by atoms with Crippen LogP contribution in [0.4, 0.5) is 18.9 Å². The maximum Gasteiger partial charge on any atom is 0.416 e. The molecule has 0 unspecified atom stereocenters. The van der Waals surface area contributed by atoms with Gasteiger partial charge in [-0.1, -0.05) is 47.5 Å². The molecule has 162 valence electrons. The van der Waals surface area contributed by atoms with Crippen molar-refractivity contribution in [3.63, 3.8) is 0 Å². The number of halogens is 5. The van der Waals surface area contributed by atoms with E-state index in [0.29, 0.717) is 40.8 Å². The minimum absolute atomic E-state index is 0.170. The minimum atomic E-state index is -4.33. The topological polar surface area (TPSA) is 35.6 Å². The van der Waals surface area contributed by atoms with Gasteiger partial charge in [0.1, 0.15) is 0 Å². The second-order valence-electron chi connectivity index (χ2n) is 7.21. The van der Waals surface area contributed by atoms with Crippen LogP contribution in [0.2, 0.25) is 10.0 Å². The van der Waals surface area contributed by atoms with Crippen LogP contribution >= 0.6 is 23.2 Å². The van der Waals surface area contributed by atoms with Gasteiger partial charge in [0.05, 0.1) is 21.3 Å². The van der Waals surface area contributed by atoms with Crippen LogP contribution in [0.1, 0.15) is 17.5 Å². The normalized spacial score (nSPS) is 15.9. The van der Waals surface area contributed by atoms with Gasteiger partial charge in [0.25, 0.3) is 0 Å². The zero-order valence-corrected chi connectivity index (χ0v) is 17.7. The summed E-state index contributed by atoms with van der Waals surface area (Å²) in [4.78, 5) is 16.5. The highest BCUT2D eigenvalue weighted by atomic mass is 35.5. The molecule has 0 atom stereocenters. The Kier molecular flexibility index (Phi) is 7.63. The maximum atomic E-state index is 12.9. The van der Waals surface area contributed by atoms with Crippen LogP contribution in [0.5, 0.6) is 0 Å². The number of piperazine rings is 1. The van der Waals surface area contributed by atoms with Gasteiger partial charge in [-0.15, -0.1) is 0 Å². The number of anilines is 1. The molecule has 30 heavy (non-hydrogen) atoms. The van der Waals surface area contributed by atoms with Crippen LogP contribution in [0.15, 0.2) is 42.5 Å². The lowest BCUT2D eigenvalue weighted by Crippen LogP contribution is -2.46. The second kappa shape index (κ2) is 10.0. The van der Waals surface area contributed by atoms with Crippen molar-refractivity contribution in [1.82, 2.24) is 9.80 Å². The lowest BCUT2D eigenvalue weighted by atomic mass is 10.1. The van der Waals surface area contributed by atoms with Gasteiger partial charge < -0.3 is 10.2 Å². The summed E-state index contributed by atoms with van der Waals surface area (Å²) in [6, 6.07) is 10.5. The molecule has 2 aromatic carbocycles. The van der Waals surface area contributed by atoms with E-state index in [4.69, 9.17) is 23.2 Å². The van der Waals surface area contributed by atoms with Crippen molar-refractivity contribution in [2.24, 2.45) is 0 Å². The number of carbonyl (C=O) groups is 1. The summed E-state index contributed by atoms with van der Waals surface area (Å²) in [5.41, 5.74) is 0.439. The number of hydrogen-bond donors (Lipinski definition) is 1. The number of carbonyl (C=O) groups excluding carboxylic acids is 1. The van der Waals surface area contributed by atoms with E-state index in [0.717, 1.165) is 32.2 Å². The number of rotatable bonds is 6. The number of nitrogens with one attached hydrogen (secondary N) is 1. The quantitative estimate of drug-likeness (QED) is 0.647. The van der Waals surface area contributed by atoms with E-state index in [1.165, 1.54) is 12.1 Å². The van der Waals surface area contributed by atoms with Gasteiger partial charge in [0.2, 0.25) is 5.91 Å². The Bertz CT molecular complexity index is 864. The first-order valence-corrected chi connectivity index (χ1v) is 10.3. The molecule has 0 aromatic heterocycles. The fourth-order valence-corrected chi connectivity index (χ4v) is 3.85. The summed E-state index contributed by atoms with van der Waals surface area (Å²) in [5, 5.41) is 3.52. The Labute approximate surface area is 183 Å². The monoisotopic (exact) mass is 459 g/mol. The van der Waals surface area contributed by atoms with E-state index in [1.807, 2.05) is 0 Å². The van der Waals surface area contributed by atoms with Gasteiger partial charge in [-0.3, -0.25) is 9.69 Å². The molecule has 3 rings (SSSR count). The van der Waals surface area contributed by atoms with Gasteiger partial charge in [-0.25, -0.2) is 0 Å². The average molecular weight is 460 g/mol. The molecule has 9 heteroatoms. The van der Waals surface area contributed by atoms with E-state index in [1.54, 1.807) is 24.3 Å². The molecule has 1 N–H and O–H groups in total. The molecule has 0 bridgehead atoms. The number of benzene rings is 2. The van der Waals surface area contributed by atoms with Gasteiger partial charge in [0, 0.05) is 45.7 Å². The first-order chi connectivity index (χ1) is 14.2. The number of nitrogens with zero attached hydrogens (tertiary/aromatic N) is 2. The third-order valence-electron chi connectivity index (χ3n) is 5.01. The fourth-order valence-electron chi connectivity index (χ4n) is 3.35. The van der Waals surface area contributed by atoms with Crippen LogP contribution in [0, 0.1) is 0 Å². The summed E-state index contributed by atoms with van der Waals surface area (Å²) in [7, 11) is 0. The molecule has 1 saturated heterocycles. The van der Waals surface area contributed by atoms with Crippen molar-refractivity contribution in [3.8, 4) is 0 Å². The van der Waals surface area contributed by atoms with Crippen molar-refractivity contribution in [2.75, 3.05) is 38.0 Å². The van der Waals surface area contributed by atoms with E-state index in [2.05, 4.69) is 15.1 Å². The van der Waals surface area contributed by atoms with Gasteiger partial charge in [0.15, 0.2) is 0 Å². The molecular formula is C21H22Cl2F3N3O. The van der Waals surface area contributed by atoms with Crippen LogP contribution in [-0.2, 0) is 17.5 Å². The zero-order chi connectivity index (χ0) is 21.7. The van der Waals surface area contributed by atoms with E-state index in [-0.39, 0.29) is 5.91 Å². The van der Waals surface area contributed by atoms with Crippen molar-refractivity contribution < 1.29 is 18.0 Å². The van der Waals surface area contributed by atoms with Gasteiger partial charge in [-0.2, -0.15) is 13.2 Å². The maximum absolute atomic E-state index is 12.9. The summed E-state index contributed by atoms with van der Waals surface area (Å²) in [6.07, 6.45) is -4.03. The van der Waals surface area contributed by atoms with Crippen LogP contribution in [-0.4, -0.2) is 48.4 Å². The summed E-state index contributed by atoms with van der Waals surface area (Å²) in [6.45, 7) is 4.02. The van der Waals surface area contributed by atoms with Crippen molar-refractivity contribution >= 4 is 34.8 Å². The number of amides is 1. The molecular weight excluding hydrogens is 438 g/mol. The van der Waals surface area contributed by atoms with Crippen LogP contribution in [0.25, 0.3) is 0 Å².